The van der Waals surface area contributed by atoms with Crippen molar-refractivity contribution in [3.8, 4) is 11.8 Å². The summed E-state index contributed by atoms with van der Waals surface area (Å²) in [6.07, 6.45) is 3.63. The van der Waals surface area contributed by atoms with Crippen LogP contribution in [0, 0.1) is 17.3 Å². The van der Waals surface area contributed by atoms with Gasteiger partial charge in [0.05, 0.1) is 6.42 Å². The van der Waals surface area contributed by atoms with Gasteiger partial charge < -0.3 is 0 Å². The molecule has 1 heteroatoms. The number of allylic oxidation sites excluding steroid dienone is 2. The fraction of sp³-hybridized carbons (Fsp3) is 0.545. The lowest BCUT2D eigenvalue weighted by molar-refractivity contribution is -0.113. The second kappa shape index (κ2) is 4.77. The first kappa shape index (κ1) is 11.0. The zero-order chi connectivity index (χ0) is 9.61. The Morgan fingerprint density at radius 1 is 1.42 bits per heavy atom. The first-order valence-electron chi connectivity index (χ1n) is 4.11. The van der Waals surface area contributed by atoms with E-state index in [2.05, 4.69) is 11.8 Å². The molecule has 0 amide bonds. The third-order valence-electron chi connectivity index (χ3n) is 1.08. The summed E-state index contributed by atoms with van der Waals surface area (Å²) < 4.78 is 0. The van der Waals surface area contributed by atoms with Crippen LogP contribution in [0.1, 0.15) is 34.1 Å². The van der Waals surface area contributed by atoms with Crippen LogP contribution in [0.4, 0.5) is 0 Å². The van der Waals surface area contributed by atoms with E-state index in [1.165, 1.54) is 0 Å². The molecular formula is C11H16O. The van der Waals surface area contributed by atoms with Crippen molar-refractivity contribution >= 4 is 5.78 Å². The van der Waals surface area contributed by atoms with Gasteiger partial charge in [0.15, 0.2) is 5.78 Å². The van der Waals surface area contributed by atoms with Crippen molar-refractivity contribution in [1.29, 1.82) is 0 Å². The van der Waals surface area contributed by atoms with Crippen LogP contribution in [0.25, 0.3) is 0 Å². The average Bonchev–Trinajstić information content (AvgIpc) is 1.84. The number of ketones is 1. The fourth-order valence-corrected chi connectivity index (χ4v) is 0.641. The fourth-order valence-electron chi connectivity index (χ4n) is 0.641. The van der Waals surface area contributed by atoms with Gasteiger partial charge in [0.25, 0.3) is 0 Å². The number of carbonyl (C=O) groups is 1. The molecule has 0 aromatic carbocycles. The molecule has 0 fully saturated rings. The van der Waals surface area contributed by atoms with Crippen molar-refractivity contribution in [2.45, 2.75) is 34.1 Å². The normalized spacial score (nSPS) is 11.0. The Morgan fingerprint density at radius 2 is 2.00 bits per heavy atom. The van der Waals surface area contributed by atoms with Gasteiger partial charge in [-0.05, 0) is 33.8 Å². The Morgan fingerprint density at radius 3 is 2.42 bits per heavy atom. The Kier molecular flexibility index (Phi) is 4.36. The van der Waals surface area contributed by atoms with Crippen molar-refractivity contribution in [2.24, 2.45) is 5.41 Å². The second-order valence-electron chi connectivity index (χ2n) is 3.69. The Balaban J connectivity index is 3.96. The van der Waals surface area contributed by atoms with Crippen LogP contribution in [0.15, 0.2) is 12.2 Å². The average molecular weight is 164 g/mol. The molecule has 0 aliphatic rings. The van der Waals surface area contributed by atoms with E-state index >= 15 is 0 Å². The standard InChI is InChI=1S/C11H16O/c1-5-7-10(12)8-6-9-11(2,3)4/h5,7H,8H2,1-4H3/b7-5+. The molecule has 0 saturated carbocycles. The van der Waals surface area contributed by atoms with Crippen LogP contribution < -0.4 is 0 Å². The lowest BCUT2D eigenvalue weighted by atomic mass is 9.98. The summed E-state index contributed by atoms with van der Waals surface area (Å²) in [6, 6.07) is 0. The maximum atomic E-state index is 10.9. The van der Waals surface area contributed by atoms with E-state index in [1.54, 1.807) is 12.2 Å². The molecule has 0 unspecified atom stereocenters. The number of hydrogen-bond acceptors (Lipinski definition) is 1. The van der Waals surface area contributed by atoms with E-state index < -0.39 is 0 Å². The summed E-state index contributed by atoms with van der Waals surface area (Å²) in [5, 5.41) is 0. The minimum absolute atomic E-state index is 0.00376. The molecule has 0 spiro atoms. The molecule has 0 N–H and O–H groups in total. The quantitative estimate of drug-likeness (QED) is 0.453. The molecule has 0 rings (SSSR count). The maximum Gasteiger partial charge on any atom is 0.167 e. The van der Waals surface area contributed by atoms with E-state index in [-0.39, 0.29) is 11.2 Å². The summed E-state index contributed by atoms with van der Waals surface area (Å²) in [5.41, 5.74) is -0.00376. The number of carbonyl (C=O) groups excluding carboxylic acids is 1. The van der Waals surface area contributed by atoms with Gasteiger partial charge in [-0.2, -0.15) is 0 Å². The lowest BCUT2D eigenvalue weighted by Crippen LogP contribution is -2.00. The van der Waals surface area contributed by atoms with E-state index in [4.69, 9.17) is 0 Å². The third kappa shape index (κ3) is 7.08. The molecule has 0 atom stereocenters. The molecule has 0 radical (unpaired) electrons. The van der Waals surface area contributed by atoms with E-state index in [1.807, 2.05) is 27.7 Å². The highest BCUT2D eigenvalue weighted by Gasteiger charge is 2.03. The molecule has 0 aromatic rings. The first-order valence-corrected chi connectivity index (χ1v) is 4.11. The summed E-state index contributed by atoms with van der Waals surface area (Å²) in [5.74, 6) is 5.94. The predicted molar refractivity (Wildman–Crippen MR) is 51.7 cm³/mol. The van der Waals surface area contributed by atoms with Gasteiger partial charge in [-0.1, -0.05) is 17.9 Å². The summed E-state index contributed by atoms with van der Waals surface area (Å²) in [6.45, 7) is 7.91. The molecular weight excluding hydrogens is 148 g/mol. The SMILES string of the molecule is C/C=C/C(=O)CC#CC(C)(C)C. The Labute approximate surface area is 74.9 Å². The van der Waals surface area contributed by atoms with Crippen LogP contribution in [-0.4, -0.2) is 5.78 Å². The maximum absolute atomic E-state index is 10.9. The van der Waals surface area contributed by atoms with E-state index in [9.17, 15) is 4.79 Å². The number of hydrogen-bond donors (Lipinski definition) is 0. The highest BCUT2D eigenvalue weighted by Crippen LogP contribution is 2.09. The van der Waals surface area contributed by atoms with Gasteiger partial charge in [-0.15, -0.1) is 0 Å². The smallest absolute Gasteiger partial charge is 0.167 e. The summed E-state index contributed by atoms with van der Waals surface area (Å²) in [7, 11) is 0. The van der Waals surface area contributed by atoms with Crippen molar-refractivity contribution in [3.05, 3.63) is 12.2 Å². The topological polar surface area (TPSA) is 17.1 Å². The molecule has 0 saturated heterocycles. The largest absolute Gasteiger partial charge is 0.294 e. The molecule has 0 aliphatic carbocycles. The highest BCUT2D eigenvalue weighted by molar-refractivity contribution is 5.91. The van der Waals surface area contributed by atoms with Crippen LogP contribution >= 0.6 is 0 Å². The lowest BCUT2D eigenvalue weighted by Gasteiger charge is -2.06. The van der Waals surface area contributed by atoms with Gasteiger partial charge in [-0.25, -0.2) is 0 Å². The van der Waals surface area contributed by atoms with E-state index in [0.29, 0.717) is 6.42 Å². The summed E-state index contributed by atoms with van der Waals surface area (Å²) in [4.78, 5) is 10.9. The minimum Gasteiger partial charge on any atom is -0.294 e. The highest BCUT2D eigenvalue weighted by atomic mass is 16.1. The van der Waals surface area contributed by atoms with Crippen LogP contribution in [0.2, 0.25) is 0 Å². The van der Waals surface area contributed by atoms with Crippen molar-refractivity contribution in [3.63, 3.8) is 0 Å². The predicted octanol–water partition coefficient (Wildman–Crippen LogP) is 2.57. The van der Waals surface area contributed by atoms with Gasteiger partial charge in [0.2, 0.25) is 0 Å². The third-order valence-corrected chi connectivity index (χ3v) is 1.08. The first-order chi connectivity index (χ1) is 5.45. The van der Waals surface area contributed by atoms with Crippen LogP contribution in [0.3, 0.4) is 0 Å². The monoisotopic (exact) mass is 164 g/mol. The van der Waals surface area contributed by atoms with E-state index in [0.717, 1.165) is 0 Å². The molecule has 0 heterocycles. The summed E-state index contributed by atoms with van der Waals surface area (Å²) >= 11 is 0. The van der Waals surface area contributed by atoms with Crippen LogP contribution in [-0.2, 0) is 4.79 Å². The zero-order valence-electron chi connectivity index (χ0n) is 8.27. The molecule has 1 nitrogen and oxygen atoms in total. The van der Waals surface area contributed by atoms with Gasteiger partial charge in [-0.3, -0.25) is 4.79 Å². The molecule has 66 valence electrons. The van der Waals surface area contributed by atoms with Crippen molar-refractivity contribution < 1.29 is 4.79 Å². The molecule has 0 bridgehead atoms. The molecule has 12 heavy (non-hydrogen) atoms. The molecule has 0 aromatic heterocycles. The molecule has 0 aliphatic heterocycles. The zero-order valence-corrected chi connectivity index (χ0v) is 8.27. The van der Waals surface area contributed by atoms with Gasteiger partial charge >= 0.3 is 0 Å². The van der Waals surface area contributed by atoms with Crippen molar-refractivity contribution in [2.75, 3.05) is 0 Å². The Hall–Kier alpha value is -1.03. The Bertz CT molecular complexity index is 230. The van der Waals surface area contributed by atoms with Crippen LogP contribution in [0.5, 0.6) is 0 Å². The van der Waals surface area contributed by atoms with Gasteiger partial charge in [0.1, 0.15) is 0 Å². The minimum atomic E-state index is -0.00376. The van der Waals surface area contributed by atoms with Crippen molar-refractivity contribution in [1.82, 2.24) is 0 Å². The van der Waals surface area contributed by atoms with Gasteiger partial charge in [0, 0.05) is 5.41 Å². The second-order valence-corrected chi connectivity index (χ2v) is 3.69. The number of rotatable bonds is 2.